The van der Waals surface area contributed by atoms with Gasteiger partial charge in [0.25, 0.3) is 5.91 Å². The number of amidine groups is 1. The Bertz CT molecular complexity index is 510. The Kier molecular flexibility index (Phi) is 3.55. The van der Waals surface area contributed by atoms with Crippen LogP contribution in [-0.4, -0.2) is 17.8 Å². The van der Waals surface area contributed by atoms with E-state index in [0.717, 1.165) is 0 Å². The number of carbonyl (C=O) groups is 2. The fraction of sp³-hybridized carbons (Fsp3) is 0. The van der Waals surface area contributed by atoms with Gasteiger partial charge in [0, 0.05) is 11.6 Å². The summed E-state index contributed by atoms with van der Waals surface area (Å²) in [5.41, 5.74) is 2.60. The minimum absolute atomic E-state index is 0.236. The van der Waals surface area contributed by atoms with Gasteiger partial charge >= 0.3 is 6.03 Å². The zero-order valence-corrected chi connectivity index (χ0v) is 9.21. The largest absolute Gasteiger partial charge is 0.373 e. The highest BCUT2D eigenvalue weighted by Gasteiger charge is 2.11. The molecule has 1 aromatic carbocycles. The minimum Gasteiger partial charge on any atom is -0.373 e. The molecular weight excluding hydrogens is 236 g/mol. The lowest BCUT2D eigenvalue weighted by Crippen LogP contribution is -2.42. The number of carbonyl (C=O) groups excluding carboxylic acids is 2. The molecule has 0 radical (unpaired) electrons. The van der Waals surface area contributed by atoms with Gasteiger partial charge in [0.05, 0.1) is 0 Å². The second-order valence-electron chi connectivity index (χ2n) is 3.28. The van der Waals surface area contributed by atoms with Gasteiger partial charge in [-0.2, -0.15) is 0 Å². The van der Waals surface area contributed by atoms with Gasteiger partial charge in [-0.3, -0.25) is 15.4 Å². The zero-order chi connectivity index (χ0) is 12.8. The van der Waals surface area contributed by atoms with Crippen LogP contribution in [0.3, 0.4) is 0 Å². The quantitative estimate of drug-likeness (QED) is 0.672. The fourth-order valence-corrected chi connectivity index (χ4v) is 1.22. The van der Waals surface area contributed by atoms with Gasteiger partial charge < -0.3 is 4.84 Å². The van der Waals surface area contributed by atoms with E-state index >= 15 is 0 Å². The Morgan fingerprint density at radius 2 is 2.00 bits per heavy atom. The molecule has 1 aromatic rings. The second kappa shape index (κ2) is 5.48. The minimum atomic E-state index is -0.670. The first-order chi connectivity index (χ1) is 8.75. The number of benzene rings is 1. The molecule has 0 unspecified atom stereocenters. The van der Waals surface area contributed by atoms with Crippen molar-refractivity contribution in [3.63, 3.8) is 0 Å². The fourth-order valence-electron chi connectivity index (χ4n) is 1.22. The van der Waals surface area contributed by atoms with Crippen LogP contribution in [0.2, 0.25) is 0 Å². The van der Waals surface area contributed by atoms with Crippen molar-refractivity contribution in [1.82, 2.24) is 16.2 Å². The third-order valence-corrected chi connectivity index (χ3v) is 2.02. The molecule has 18 heavy (non-hydrogen) atoms. The summed E-state index contributed by atoms with van der Waals surface area (Å²) >= 11 is 0. The lowest BCUT2D eigenvalue weighted by Gasteiger charge is -2.09. The van der Waals surface area contributed by atoms with Gasteiger partial charge in [-0.1, -0.05) is 18.2 Å². The Balaban J connectivity index is 1.90. The predicted molar refractivity (Wildman–Crippen MR) is 63.2 cm³/mol. The molecule has 0 saturated carbocycles. The average Bonchev–Trinajstić information content (AvgIpc) is 2.40. The zero-order valence-electron chi connectivity index (χ0n) is 9.21. The van der Waals surface area contributed by atoms with Crippen LogP contribution in [0.5, 0.6) is 0 Å². The molecule has 7 nitrogen and oxygen atoms in total. The summed E-state index contributed by atoms with van der Waals surface area (Å²) in [6.07, 6.45) is 2.74. The topological polar surface area (TPSA) is 91.8 Å². The van der Waals surface area contributed by atoms with Gasteiger partial charge in [0.2, 0.25) is 0 Å². The Hall–Kier alpha value is -2.83. The van der Waals surface area contributed by atoms with E-state index in [0.29, 0.717) is 5.56 Å². The summed E-state index contributed by atoms with van der Waals surface area (Å²) in [4.78, 5) is 27.7. The number of nitrogens with zero attached hydrogens (tertiary/aromatic N) is 1. The second-order valence-corrected chi connectivity index (χ2v) is 3.28. The molecule has 0 aromatic heterocycles. The smallest absolute Gasteiger partial charge is 0.327 e. The SMILES string of the molecule is O=C(NC(=O)c1ccccc1)NC1=NNOC=C1. The number of urea groups is 1. The van der Waals surface area contributed by atoms with Crippen molar-refractivity contribution in [3.05, 3.63) is 48.2 Å². The van der Waals surface area contributed by atoms with Gasteiger partial charge in [0.15, 0.2) is 5.84 Å². The van der Waals surface area contributed by atoms with Crippen LogP contribution >= 0.6 is 0 Å². The molecule has 0 atom stereocenters. The summed E-state index contributed by atoms with van der Waals surface area (Å²) in [5, 5.41) is 8.16. The first-order valence-corrected chi connectivity index (χ1v) is 5.08. The summed E-state index contributed by atoms with van der Waals surface area (Å²) < 4.78 is 0. The molecule has 3 amide bonds. The van der Waals surface area contributed by atoms with E-state index in [1.54, 1.807) is 30.3 Å². The highest BCUT2D eigenvalue weighted by molar-refractivity contribution is 6.10. The molecule has 0 bridgehead atoms. The van der Waals surface area contributed by atoms with E-state index in [4.69, 9.17) is 0 Å². The molecule has 1 heterocycles. The maximum Gasteiger partial charge on any atom is 0.327 e. The van der Waals surface area contributed by atoms with Gasteiger partial charge in [-0.25, -0.2) is 4.79 Å². The van der Waals surface area contributed by atoms with Crippen LogP contribution in [0, 0.1) is 0 Å². The highest BCUT2D eigenvalue weighted by Crippen LogP contribution is 1.97. The number of hydrogen-bond acceptors (Lipinski definition) is 5. The summed E-state index contributed by atoms with van der Waals surface area (Å²) in [6, 6.07) is 7.75. The molecule has 0 aliphatic carbocycles. The van der Waals surface area contributed by atoms with Crippen molar-refractivity contribution in [2.45, 2.75) is 0 Å². The number of nitrogens with one attached hydrogen (secondary N) is 3. The first kappa shape index (κ1) is 11.6. The molecule has 7 heteroatoms. The van der Waals surface area contributed by atoms with Crippen LogP contribution in [-0.2, 0) is 4.84 Å². The van der Waals surface area contributed by atoms with Crippen LogP contribution in [0.25, 0.3) is 0 Å². The van der Waals surface area contributed by atoms with Gasteiger partial charge in [0.1, 0.15) is 6.26 Å². The normalized spacial score (nSPS) is 12.8. The Morgan fingerprint density at radius 1 is 1.22 bits per heavy atom. The van der Waals surface area contributed by atoms with E-state index in [1.165, 1.54) is 12.3 Å². The van der Waals surface area contributed by atoms with E-state index in [9.17, 15) is 9.59 Å². The molecular formula is C11H10N4O3. The summed E-state index contributed by atoms with van der Waals surface area (Å²) in [7, 11) is 0. The third kappa shape index (κ3) is 3.08. The molecule has 0 saturated heterocycles. The molecule has 1 aliphatic rings. The first-order valence-electron chi connectivity index (χ1n) is 5.08. The van der Waals surface area contributed by atoms with E-state index in [2.05, 4.69) is 26.2 Å². The Morgan fingerprint density at radius 3 is 2.67 bits per heavy atom. The van der Waals surface area contributed by atoms with E-state index in [1.807, 2.05) is 0 Å². The lowest BCUT2D eigenvalue weighted by molar-refractivity contribution is 0.0965. The highest BCUT2D eigenvalue weighted by atomic mass is 16.7. The van der Waals surface area contributed by atoms with Crippen molar-refractivity contribution in [3.8, 4) is 0 Å². The molecule has 2 rings (SSSR count). The molecule has 0 spiro atoms. The Labute approximate surface area is 102 Å². The maximum absolute atomic E-state index is 11.6. The molecule has 1 aliphatic heterocycles. The van der Waals surface area contributed by atoms with Crippen molar-refractivity contribution < 1.29 is 14.4 Å². The number of hydrazone groups is 1. The van der Waals surface area contributed by atoms with Crippen LogP contribution < -0.4 is 16.2 Å². The monoisotopic (exact) mass is 246 g/mol. The summed E-state index contributed by atoms with van der Waals surface area (Å²) in [5.74, 6) is -0.252. The van der Waals surface area contributed by atoms with Gasteiger partial charge in [-0.05, 0) is 12.1 Å². The molecule has 0 fully saturated rings. The number of imide groups is 1. The van der Waals surface area contributed by atoms with Gasteiger partial charge in [-0.15, -0.1) is 10.7 Å². The van der Waals surface area contributed by atoms with E-state index < -0.39 is 11.9 Å². The van der Waals surface area contributed by atoms with Crippen molar-refractivity contribution >= 4 is 17.8 Å². The third-order valence-electron chi connectivity index (χ3n) is 2.02. The number of hydrogen-bond donors (Lipinski definition) is 3. The van der Waals surface area contributed by atoms with Crippen LogP contribution in [0.15, 0.2) is 47.8 Å². The number of rotatable bonds is 1. The van der Waals surface area contributed by atoms with Crippen molar-refractivity contribution in [2.24, 2.45) is 5.10 Å². The molecule has 92 valence electrons. The average molecular weight is 246 g/mol. The maximum atomic E-state index is 11.6. The number of amides is 3. The molecule has 3 N–H and O–H groups in total. The summed E-state index contributed by atoms with van der Waals surface area (Å²) in [6.45, 7) is 0. The van der Waals surface area contributed by atoms with Crippen LogP contribution in [0.1, 0.15) is 10.4 Å². The van der Waals surface area contributed by atoms with Crippen molar-refractivity contribution in [2.75, 3.05) is 0 Å². The van der Waals surface area contributed by atoms with E-state index in [-0.39, 0.29) is 5.84 Å². The predicted octanol–water partition coefficient (Wildman–Crippen LogP) is 0.488. The lowest BCUT2D eigenvalue weighted by atomic mass is 10.2. The van der Waals surface area contributed by atoms with Crippen LogP contribution in [0.4, 0.5) is 4.79 Å². The van der Waals surface area contributed by atoms with Crippen molar-refractivity contribution in [1.29, 1.82) is 0 Å². The standard InChI is InChI=1S/C11H10N4O3/c16-10(8-4-2-1-3-5-8)13-11(17)12-9-6-7-18-15-14-9/h1-7,15H,(H2,12,13,14,16,17).